The van der Waals surface area contributed by atoms with Crippen molar-refractivity contribution in [2.45, 2.75) is 25.4 Å². The summed E-state index contributed by atoms with van der Waals surface area (Å²) >= 11 is 0. The standard InChI is InChI=1S/C21H20F3N3O/c1-3-25-20(28)18-10-16(18)17-9-13(8-14-11-27(2)26-19(14)17)12-4-6-15(7-5-12)21(22,23)24/h4-9,11,16,18H,3,10H2,1-2H3,(H,25,28)/t16?,18-/m1/s1. The summed E-state index contributed by atoms with van der Waals surface area (Å²) in [7, 11) is 1.83. The van der Waals surface area contributed by atoms with Gasteiger partial charge in [0.05, 0.1) is 11.1 Å². The first-order chi connectivity index (χ1) is 13.3. The van der Waals surface area contributed by atoms with Crippen molar-refractivity contribution >= 4 is 16.8 Å². The number of nitrogens with one attached hydrogen (secondary N) is 1. The highest BCUT2D eigenvalue weighted by molar-refractivity contribution is 5.90. The topological polar surface area (TPSA) is 46.9 Å². The third-order valence-corrected chi connectivity index (χ3v) is 5.18. The maximum atomic E-state index is 12.8. The molecule has 1 amide bonds. The van der Waals surface area contributed by atoms with E-state index in [1.807, 2.05) is 32.3 Å². The summed E-state index contributed by atoms with van der Waals surface area (Å²) in [5.41, 5.74) is 2.68. The second kappa shape index (κ2) is 6.65. The van der Waals surface area contributed by atoms with E-state index in [1.54, 1.807) is 4.68 Å². The zero-order valence-electron chi connectivity index (χ0n) is 15.5. The number of hydrogen-bond acceptors (Lipinski definition) is 2. The molecule has 0 saturated heterocycles. The highest BCUT2D eigenvalue weighted by atomic mass is 19.4. The maximum Gasteiger partial charge on any atom is 0.416 e. The number of halogens is 3. The van der Waals surface area contributed by atoms with Crippen LogP contribution in [0.15, 0.2) is 42.6 Å². The molecular weight excluding hydrogens is 367 g/mol. The van der Waals surface area contributed by atoms with Crippen LogP contribution in [0.4, 0.5) is 13.2 Å². The predicted octanol–water partition coefficient (Wildman–Crippen LogP) is 4.50. The Balaban J connectivity index is 1.74. The summed E-state index contributed by atoms with van der Waals surface area (Å²) in [6, 6.07) is 9.05. The lowest BCUT2D eigenvalue weighted by atomic mass is 9.97. The average molecular weight is 387 g/mol. The number of amides is 1. The second-order valence-electron chi connectivity index (χ2n) is 7.22. The van der Waals surface area contributed by atoms with Crippen LogP contribution in [0.2, 0.25) is 0 Å². The van der Waals surface area contributed by atoms with Crippen molar-refractivity contribution in [3.05, 3.63) is 53.7 Å². The molecule has 1 aliphatic carbocycles. The van der Waals surface area contributed by atoms with Crippen molar-refractivity contribution in [3.8, 4) is 11.1 Å². The van der Waals surface area contributed by atoms with E-state index in [4.69, 9.17) is 0 Å². The molecule has 4 nitrogen and oxygen atoms in total. The number of fused-ring (bicyclic) bond motifs is 1. The Kier molecular flexibility index (Phi) is 4.40. The molecule has 2 atom stereocenters. The molecule has 0 aliphatic heterocycles. The maximum absolute atomic E-state index is 12.8. The fourth-order valence-electron chi connectivity index (χ4n) is 3.72. The number of benzene rings is 2. The number of hydrogen-bond donors (Lipinski definition) is 1. The minimum absolute atomic E-state index is 0.0384. The number of rotatable bonds is 4. The van der Waals surface area contributed by atoms with Gasteiger partial charge in [-0.05, 0) is 60.2 Å². The minimum Gasteiger partial charge on any atom is -0.356 e. The number of alkyl halides is 3. The van der Waals surface area contributed by atoms with Gasteiger partial charge in [0.2, 0.25) is 5.91 Å². The SMILES string of the molecule is CCNC(=O)[C@@H]1CC1c1cc(-c2ccc(C(F)(F)F)cc2)cc2cn(C)nc12. The first-order valence-corrected chi connectivity index (χ1v) is 9.20. The Morgan fingerprint density at radius 1 is 1.21 bits per heavy atom. The van der Waals surface area contributed by atoms with E-state index in [2.05, 4.69) is 10.4 Å². The monoisotopic (exact) mass is 387 g/mol. The van der Waals surface area contributed by atoms with Gasteiger partial charge in [0.1, 0.15) is 0 Å². The highest BCUT2D eigenvalue weighted by Crippen LogP contribution is 2.50. The summed E-state index contributed by atoms with van der Waals surface area (Å²) in [5, 5.41) is 8.30. The van der Waals surface area contributed by atoms with Crippen LogP contribution in [-0.2, 0) is 18.0 Å². The van der Waals surface area contributed by atoms with Gasteiger partial charge in [-0.25, -0.2) is 0 Å². The van der Waals surface area contributed by atoms with Gasteiger partial charge >= 0.3 is 6.18 Å². The smallest absolute Gasteiger partial charge is 0.356 e. The van der Waals surface area contributed by atoms with Crippen molar-refractivity contribution in [2.24, 2.45) is 13.0 Å². The lowest BCUT2D eigenvalue weighted by Crippen LogP contribution is -2.24. The van der Waals surface area contributed by atoms with E-state index < -0.39 is 11.7 Å². The molecule has 0 bridgehead atoms. The molecule has 2 aromatic carbocycles. The van der Waals surface area contributed by atoms with Gasteiger partial charge in [-0.2, -0.15) is 18.3 Å². The molecule has 1 heterocycles. The number of aryl methyl sites for hydroxylation is 1. The van der Waals surface area contributed by atoms with Crippen LogP contribution in [0.25, 0.3) is 22.0 Å². The van der Waals surface area contributed by atoms with E-state index in [0.717, 1.165) is 40.6 Å². The zero-order valence-corrected chi connectivity index (χ0v) is 15.5. The quantitative estimate of drug-likeness (QED) is 0.717. The predicted molar refractivity (Wildman–Crippen MR) is 101 cm³/mol. The summed E-state index contributed by atoms with van der Waals surface area (Å²) in [6.45, 7) is 2.48. The third-order valence-electron chi connectivity index (χ3n) is 5.18. The Labute approximate surface area is 160 Å². The van der Waals surface area contributed by atoms with Crippen molar-refractivity contribution < 1.29 is 18.0 Å². The lowest BCUT2D eigenvalue weighted by Gasteiger charge is -2.10. The van der Waals surface area contributed by atoms with Crippen molar-refractivity contribution in [2.75, 3.05) is 6.54 Å². The van der Waals surface area contributed by atoms with E-state index in [9.17, 15) is 18.0 Å². The molecule has 3 aromatic rings. The molecule has 1 saturated carbocycles. The van der Waals surface area contributed by atoms with Crippen LogP contribution in [0.5, 0.6) is 0 Å². The van der Waals surface area contributed by atoms with Crippen molar-refractivity contribution in [3.63, 3.8) is 0 Å². The number of nitrogens with zero attached hydrogens (tertiary/aromatic N) is 2. The molecule has 1 N–H and O–H groups in total. The van der Waals surface area contributed by atoms with Gasteiger partial charge < -0.3 is 5.32 Å². The van der Waals surface area contributed by atoms with Crippen LogP contribution < -0.4 is 5.32 Å². The Hall–Kier alpha value is -2.83. The highest BCUT2D eigenvalue weighted by Gasteiger charge is 2.45. The molecule has 7 heteroatoms. The molecule has 4 rings (SSSR count). The molecule has 28 heavy (non-hydrogen) atoms. The van der Waals surface area contributed by atoms with Gasteiger partial charge in [0.15, 0.2) is 0 Å². The molecule has 0 spiro atoms. The fourth-order valence-corrected chi connectivity index (χ4v) is 3.72. The first-order valence-electron chi connectivity index (χ1n) is 9.20. The minimum atomic E-state index is -4.36. The summed E-state index contributed by atoms with van der Waals surface area (Å²) in [5.74, 6) is 0.0443. The molecule has 1 aliphatic rings. The molecule has 1 fully saturated rings. The normalized spacial score (nSPS) is 19.0. The van der Waals surface area contributed by atoms with E-state index in [1.165, 1.54) is 12.1 Å². The molecule has 0 radical (unpaired) electrons. The average Bonchev–Trinajstić information content (AvgIpc) is 3.35. The third kappa shape index (κ3) is 3.37. The lowest BCUT2D eigenvalue weighted by molar-refractivity contribution is -0.137. The Morgan fingerprint density at radius 2 is 1.93 bits per heavy atom. The summed E-state index contributed by atoms with van der Waals surface area (Å²) in [6.07, 6.45) is -1.71. The van der Waals surface area contributed by atoms with E-state index in [-0.39, 0.29) is 17.7 Å². The molecular formula is C21H20F3N3O. The van der Waals surface area contributed by atoms with E-state index >= 15 is 0 Å². The van der Waals surface area contributed by atoms with Gasteiger partial charge in [-0.15, -0.1) is 0 Å². The number of aromatic nitrogens is 2. The van der Waals surface area contributed by atoms with Gasteiger partial charge in [-0.3, -0.25) is 9.48 Å². The second-order valence-corrected chi connectivity index (χ2v) is 7.22. The first kappa shape index (κ1) is 18.5. The largest absolute Gasteiger partial charge is 0.416 e. The van der Waals surface area contributed by atoms with Gasteiger partial charge in [0.25, 0.3) is 0 Å². The van der Waals surface area contributed by atoms with Crippen LogP contribution >= 0.6 is 0 Å². The molecule has 146 valence electrons. The van der Waals surface area contributed by atoms with Crippen LogP contribution in [0.1, 0.15) is 30.4 Å². The van der Waals surface area contributed by atoms with Crippen LogP contribution in [-0.4, -0.2) is 22.2 Å². The van der Waals surface area contributed by atoms with Crippen molar-refractivity contribution in [1.82, 2.24) is 15.1 Å². The fraction of sp³-hybridized carbons (Fsp3) is 0.333. The van der Waals surface area contributed by atoms with E-state index in [0.29, 0.717) is 12.1 Å². The summed E-state index contributed by atoms with van der Waals surface area (Å²) in [4.78, 5) is 12.2. The number of carbonyl (C=O) groups excluding carboxylic acids is 1. The molecule has 1 aromatic heterocycles. The van der Waals surface area contributed by atoms with Gasteiger partial charge in [0, 0.05) is 31.1 Å². The summed E-state index contributed by atoms with van der Waals surface area (Å²) < 4.78 is 40.2. The molecule has 1 unspecified atom stereocenters. The Morgan fingerprint density at radius 3 is 2.57 bits per heavy atom. The van der Waals surface area contributed by atoms with Crippen molar-refractivity contribution in [1.29, 1.82) is 0 Å². The van der Waals surface area contributed by atoms with Crippen LogP contribution in [0.3, 0.4) is 0 Å². The zero-order chi connectivity index (χ0) is 20.1. The van der Waals surface area contributed by atoms with Crippen LogP contribution in [0, 0.1) is 5.92 Å². The van der Waals surface area contributed by atoms with Gasteiger partial charge in [-0.1, -0.05) is 12.1 Å². The number of carbonyl (C=O) groups is 1. The Bertz CT molecular complexity index is 1040.